The van der Waals surface area contributed by atoms with E-state index in [-0.39, 0.29) is 6.10 Å². The van der Waals surface area contributed by atoms with Gasteiger partial charge in [-0.1, -0.05) is 6.42 Å². The molecule has 1 fully saturated rings. The van der Waals surface area contributed by atoms with Gasteiger partial charge < -0.3 is 16.2 Å². The zero-order chi connectivity index (χ0) is 9.52. The Hall–Kier alpha value is -0.120. The van der Waals surface area contributed by atoms with Crippen molar-refractivity contribution in [1.29, 1.82) is 0 Å². The number of aliphatic hydroxyl groups is 1. The SMILES string of the molecule is NCCCNCC1CCCC(O)C1. The lowest BCUT2D eigenvalue weighted by atomic mass is 9.87. The van der Waals surface area contributed by atoms with Gasteiger partial charge in [-0.3, -0.25) is 0 Å². The van der Waals surface area contributed by atoms with Gasteiger partial charge in [0.25, 0.3) is 0 Å². The zero-order valence-electron chi connectivity index (χ0n) is 8.34. The van der Waals surface area contributed by atoms with Crippen LogP contribution in [0.3, 0.4) is 0 Å². The average Bonchev–Trinajstić information content (AvgIpc) is 2.13. The van der Waals surface area contributed by atoms with Gasteiger partial charge in [0.15, 0.2) is 0 Å². The molecule has 0 amide bonds. The molecule has 1 saturated carbocycles. The van der Waals surface area contributed by atoms with E-state index in [9.17, 15) is 5.11 Å². The summed E-state index contributed by atoms with van der Waals surface area (Å²) in [7, 11) is 0. The molecule has 1 aliphatic rings. The van der Waals surface area contributed by atoms with Crippen LogP contribution in [-0.4, -0.2) is 30.8 Å². The highest BCUT2D eigenvalue weighted by Crippen LogP contribution is 2.23. The lowest BCUT2D eigenvalue weighted by molar-refractivity contribution is 0.101. The Labute approximate surface area is 80.7 Å². The topological polar surface area (TPSA) is 58.3 Å². The van der Waals surface area contributed by atoms with Crippen LogP contribution in [0.4, 0.5) is 0 Å². The van der Waals surface area contributed by atoms with Crippen molar-refractivity contribution in [3.05, 3.63) is 0 Å². The molecule has 0 heterocycles. The Bertz CT molecular complexity index is 130. The van der Waals surface area contributed by atoms with Crippen LogP contribution in [0, 0.1) is 5.92 Å². The Balaban J connectivity index is 2.00. The van der Waals surface area contributed by atoms with Crippen LogP contribution >= 0.6 is 0 Å². The highest BCUT2D eigenvalue weighted by atomic mass is 16.3. The molecule has 0 bridgehead atoms. The number of nitrogens with two attached hydrogens (primary N) is 1. The molecule has 0 saturated heterocycles. The first-order chi connectivity index (χ1) is 6.33. The monoisotopic (exact) mass is 186 g/mol. The summed E-state index contributed by atoms with van der Waals surface area (Å²) in [4.78, 5) is 0. The van der Waals surface area contributed by atoms with Crippen molar-refractivity contribution >= 4 is 0 Å². The quantitative estimate of drug-likeness (QED) is 0.547. The van der Waals surface area contributed by atoms with Crippen LogP contribution in [0.5, 0.6) is 0 Å². The summed E-state index contributed by atoms with van der Waals surface area (Å²) in [6.07, 6.45) is 5.44. The minimum atomic E-state index is -0.0462. The molecule has 78 valence electrons. The Morgan fingerprint density at radius 1 is 1.38 bits per heavy atom. The first kappa shape index (κ1) is 11.0. The van der Waals surface area contributed by atoms with Gasteiger partial charge in [0.2, 0.25) is 0 Å². The van der Waals surface area contributed by atoms with Gasteiger partial charge in [0, 0.05) is 0 Å². The van der Waals surface area contributed by atoms with Gasteiger partial charge in [-0.05, 0) is 51.2 Å². The smallest absolute Gasteiger partial charge is 0.0543 e. The van der Waals surface area contributed by atoms with Crippen molar-refractivity contribution in [2.75, 3.05) is 19.6 Å². The molecule has 0 aliphatic heterocycles. The van der Waals surface area contributed by atoms with Crippen LogP contribution < -0.4 is 11.1 Å². The van der Waals surface area contributed by atoms with E-state index >= 15 is 0 Å². The summed E-state index contributed by atoms with van der Waals surface area (Å²) in [5.41, 5.74) is 5.39. The van der Waals surface area contributed by atoms with E-state index in [1.807, 2.05) is 0 Å². The maximum absolute atomic E-state index is 9.43. The van der Waals surface area contributed by atoms with E-state index in [4.69, 9.17) is 5.73 Å². The van der Waals surface area contributed by atoms with E-state index in [2.05, 4.69) is 5.32 Å². The Morgan fingerprint density at radius 2 is 2.23 bits per heavy atom. The summed E-state index contributed by atoms with van der Waals surface area (Å²) in [6.45, 7) is 2.83. The van der Waals surface area contributed by atoms with Gasteiger partial charge in [-0.2, -0.15) is 0 Å². The predicted octanol–water partition coefficient (Wildman–Crippen LogP) is 0.476. The Kier molecular flexibility index (Phi) is 5.35. The lowest BCUT2D eigenvalue weighted by Gasteiger charge is -2.25. The van der Waals surface area contributed by atoms with Gasteiger partial charge in [-0.25, -0.2) is 0 Å². The highest BCUT2D eigenvalue weighted by molar-refractivity contribution is 4.73. The third-order valence-corrected chi connectivity index (χ3v) is 2.75. The molecular formula is C10H22N2O. The molecule has 3 heteroatoms. The predicted molar refractivity (Wildman–Crippen MR) is 54.5 cm³/mol. The van der Waals surface area contributed by atoms with E-state index < -0.39 is 0 Å². The van der Waals surface area contributed by atoms with Crippen molar-refractivity contribution in [1.82, 2.24) is 5.32 Å². The van der Waals surface area contributed by atoms with E-state index in [0.717, 1.165) is 38.9 Å². The fourth-order valence-corrected chi connectivity index (χ4v) is 1.98. The maximum atomic E-state index is 9.43. The van der Waals surface area contributed by atoms with Crippen LogP contribution in [0.25, 0.3) is 0 Å². The second kappa shape index (κ2) is 6.35. The molecule has 2 atom stereocenters. The summed E-state index contributed by atoms with van der Waals surface area (Å²) < 4.78 is 0. The second-order valence-electron chi connectivity index (χ2n) is 4.03. The molecule has 3 nitrogen and oxygen atoms in total. The van der Waals surface area contributed by atoms with Crippen LogP contribution in [-0.2, 0) is 0 Å². The molecule has 4 N–H and O–H groups in total. The van der Waals surface area contributed by atoms with Crippen molar-refractivity contribution in [3.8, 4) is 0 Å². The number of aliphatic hydroxyl groups excluding tert-OH is 1. The third kappa shape index (κ3) is 4.60. The van der Waals surface area contributed by atoms with Gasteiger partial charge >= 0.3 is 0 Å². The molecule has 1 rings (SSSR count). The largest absolute Gasteiger partial charge is 0.393 e. The molecule has 0 radical (unpaired) electrons. The fraction of sp³-hybridized carbons (Fsp3) is 1.00. The standard InChI is InChI=1S/C10H22N2O/c11-5-2-6-12-8-9-3-1-4-10(13)7-9/h9-10,12-13H,1-8,11H2. The van der Waals surface area contributed by atoms with Gasteiger partial charge in [0.1, 0.15) is 0 Å². The minimum absolute atomic E-state index is 0.0462. The van der Waals surface area contributed by atoms with Crippen LogP contribution in [0.2, 0.25) is 0 Å². The highest BCUT2D eigenvalue weighted by Gasteiger charge is 2.19. The lowest BCUT2D eigenvalue weighted by Crippen LogP contribution is -2.30. The zero-order valence-corrected chi connectivity index (χ0v) is 8.34. The number of hydrogen-bond acceptors (Lipinski definition) is 3. The molecular weight excluding hydrogens is 164 g/mol. The molecule has 0 spiro atoms. The van der Waals surface area contributed by atoms with E-state index in [0.29, 0.717) is 5.92 Å². The summed E-state index contributed by atoms with van der Waals surface area (Å²) in [5, 5.41) is 12.8. The minimum Gasteiger partial charge on any atom is -0.393 e. The van der Waals surface area contributed by atoms with E-state index in [1.54, 1.807) is 0 Å². The van der Waals surface area contributed by atoms with E-state index in [1.165, 1.54) is 12.8 Å². The van der Waals surface area contributed by atoms with Crippen molar-refractivity contribution in [2.24, 2.45) is 11.7 Å². The Morgan fingerprint density at radius 3 is 2.92 bits per heavy atom. The third-order valence-electron chi connectivity index (χ3n) is 2.75. The van der Waals surface area contributed by atoms with Gasteiger partial charge in [0.05, 0.1) is 6.10 Å². The molecule has 0 aromatic heterocycles. The molecule has 0 aromatic rings. The van der Waals surface area contributed by atoms with Crippen LogP contribution in [0.15, 0.2) is 0 Å². The molecule has 13 heavy (non-hydrogen) atoms. The van der Waals surface area contributed by atoms with Crippen LogP contribution in [0.1, 0.15) is 32.1 Å². The summed E-state index contributed by atoms with van der Waals surface area (Å²) in [5.74, 6) is 0.682. The maximum Gasteiger partial charge on any atom is 0.0543 e. The first-order valence-corrected chi connectivity index (χ1v) is 5.41. The fourth-order valence-electron chi connectivity index (χ4n) is 1.98. The van der Waals surface area contributed by atoms with Crippen molar-refractivity contribution in [2.45, 2.75) is 38.2 Å². The molecule has 0 aromatic carbocycles. The normalized spacial score (nSPS) is 29.1. The number of nitrogens with one attached hydrogen (secondary N) is 1. The molecule has 2 unspecified atom stereocenters. The number of hydrogen-bond donors (Lipinski definition) is 3. The van der Waals surface area contributed by atoms with Crippen molar-refractivity contribution < 1.29 is 5.11 Å². The second-order valence-corrected chi connectivity index (χ2v) is 4.03. The van der Waals surface area contributed by atoms with Gasteiger partial charge in [-0.15, -0.1) is 0 Å². The average molecular weight is 186 g/mol. The number of rotatable bonds is 5. The first-order valence-electron chi connectivity index (χ1n) is 5.41. The summed E-state index contributed by atoms with van der Waals surface area (Å²) >= 11 is 0. The van der Waals surface area contributed by atoms with Crippen molar-refractivity contribution in [3.63, 3.8) is 0 Å². The summed E-state index contributed by atoms with van der Waals surface area (Å²) in [6, 6.07) is 0. The molecule has 1 aliphatic carbocycles.